The molecule has 2 aromatic rings. The fraction of sp³-hybridized carbons (Fsp3) is 0.400. The molecule has 0 heterocycles. The fourth-order valence-corrected chi connectivity index (χ4v) is 4.32. The molecule has 1 saturated carbocycles. The Hall–Kier alpha value is -3.58. The van der Waals surface area contributed by atoms with Crippen molar-refractivity contribution in [2.45, 2.75) is 64.1 Å². The van der Waals surface area contributed by atoms with Crippen LogP contribution in [0.4, 0.5) is 11.4 Å². The van der Waals surface area contributed by atoms with Crippen LogP contribution in [-0.4, -0.2) is 24.6 Å². The zero-order valence-corrected chi connectivity index (χ0v) is 21.4. The summed E-state index contributed by atoms with van der Waals surface area (Å²) in [5.41, 5.74) is 14.0. The molecule has 1 aliphatic rings. The van der Waals surface area contributed by atoms with Crippen LogP contribution in [0.3, 0.4) is 0 Å². The number of unbranched alkanes of at least 4 members (excludes halogenated alkanes) is 3. The van der Waals surface area contributed by atoms with Gasteiger partial charge < -0.3 is 25.7 Å². The molecule has 4 N–H and O–H groups in total. The number of ether oxygens (including phenoxy) is 3. The molecule has 0 unspecified atom stereocenters. The minimum atomic E-state index is -0.483. The Labute approximate surface area is 219 Å². The van der Waals surface area contributed by atoms with Gasteiger partial charge in [0.2, 0.25) is 0 Å². The van der Waals surface area contributed by atoms with E-state index in [4.69, 9.17) is 25.7 Å². The number of carbonyl (C=O) groups excluding carboxylic acids is 2. The minimum Gasteiger partial charge on any atom is -0.458 e. The Morgan fingerprint density at radius 2 is 1.65 bits per heavy atom. The minimum absolute atomic E-state index is 0.0808. The topological polar surface area (TPSA) is 114 Å². The first kappa shape index (κ1) is 28.0. The molecule has 0 amide bonds. The largest absolute Gasteiger partial charge is 0.458 e. The van der Waals surface area contributed by atoms with E-state index in [0.29, 0.717) is 17.1 Å². The standard InChI is InChI=1S/C30H38N2O5/c1-2-3-4-5-6-17-35-27-14-10-24(11-15-27)30(34)37-28-12-7-22(8-13-28)9-16-29(33)36-21-23-18-25(31)20-26(32)19-23/h2,7-9,12-13,16,18-20,24,27H,1,3-6,10-11,14-15,17,21,31-32H2/b16-9+. The molecule has 2 aromatic carbocycles. The second-order valence-corrected chi connectivity index (χ2v) is 9.42. The highest BCUT2D eigenvalue weighted by Crippen LogP contribution is 2.28. The molecule has 3 rings (SSSR count). The number of allylic oxidation sites excluding steroid dienone is 1. The summed E-state index contributed by atoms with van der Waals surface area (Å²) in [4.78, 5) is 24.6. The van der Waals surface area contributed by atoms with Crippen LogP contribution in [-0.2, 0) is 25.7 Å². The number of hydrogen-bond acceptors (Lipinski definition) is 7. The van der Waals surface area contributed by atoms with E-state index >= 15 is 0 Å². The van der Waals surface area contributed by atoms with Crippen LogP contribution >= 0.6 is 0 Å². The third-order valence-electron chi connectivity index (χ3n) is 6.34. The molecule has 0 bridgehead atoms. The van der Waals surface area contributed by atoms with Crippen molar-refractivity contribution in [1.29, 1.82) is 0 Å². The van der Waals surface area contributed by atoms with E-state index in [1.807, 2.05) is 6.08 Å². The van der Waals surface area contributed by atoms with Crippen molar-refractivity contribution in [1.82, 2.24) is 0 Å². The molecule has 1 fully saturated rings. The van der Waals surface area contributed by atoms with Crippen molar-refractivity contribution < 1.29 is 23.8 Å². The van der Waals surface area contributed by atoms with Crippen molar-refractivity contribution >= 4 is 29.4 Å². The SMILES string of the molecule is C=CCCCCCOC1CCC(C(=O)Oc2ccc(/C=C/C(=O)OCc3cc(N)cc(N)c3)cc2)CC1. The summed E-state index contributed by atoms with van der Waals surface area (Å²) in [6.07, 6.45) is 13.0. The molecule has 37 heavy (non-hydrogen) atoms. The Balaban J connectivity index is 1.36. The van der Waals surface area contributed by atoms with E-state index in [1.54, 1.807) is 48.5 Å². The lowest BCUT2D eigenvalue weighted by Gasteiger charge is -2.27. The number of nitrogens with two attached hydrogens (primary N) is 2. The van der Waals surface area contributed by atoms with Gasteiger partial charge in [0.15, 0.2) is 0 Å². The Bertz CT molecular complexity index is 1040. The summed E-state index contributed by atoms with van der Waals surface area (Å²) >= 11 is 0. The van der Waals surface area contributed by atoms with Crippen molar-refractivity contribution in [3.63, 3.8) is 0 Å². The lowest BCUT2D eigenvalue weighted by molar-refractivity contribution is -0.141. The summed E-state index contributed by atoms with van der Waals surface area (Å²) in [7, 11) is 0. The van der Waals surface area contributed by atoms with Crippen LogP contribution < -0.4 is 16.2 Å². The summed E-state index contributed by atoms with van der Waals surface area (Å²) in [5, 5.41) is 0. The predicted molar refractivity (Wildman–Crippen MR) is 147 cm³/mol. The summed E-state index contributed by atoms with van der Waals surface area (Å²) in [6, 6.07) is 12.1. The van der Waals surface area contributed by atoms with Gasteiger partial charge in [0.25, 0.3) is 0 Å². The van der Waals surface area contributed by atoms with Gasteiger partial charge in [-0.05, 0) is 92.5 Å². The van der Waals surface area contributed by atoms with E-state index in [0.717, 1.165) is 69.1 Å². The number of benzene rings is 2. The summed E-state index contributed by atoms with van der Waals surface area (Å²) in [6.45, 7) is 4.61. The maximum atomic E-state index is 12.6. The van der Waals surface area contributed by atoms with Crippen LogP contribution in [0.2, 0.25) is 0 Å². The number of rotatable bonds is 13. The van der Waals surface area contributed by atoms with E-state index in [2.05, 4.69) is 6.58 Å². The van der Waals surface area contributed by atoms with Gasteiger partial charge in [-0.15, -0.1) is 6.58 Å². The van der Waals surface area contributed by atoms with Crippen molar-refractivity contribution in [2.75, 3.05) is 18.1 Å². The van der Waals surface area contributed by atoms with Gasteiger partial charge in [-0.1, -0.05) is 24.6 Å². The zero-order chi connectivity index (χ0) is 26.5. The smallest absolute Gasteiger partial charge is 0.331 e. The van der Waals surface area contributed by atoms with E-state index < -0.39 is 5.97 Å². The van der Waals surface area contributed by atoms with Crippen LogP contribution in [0.25, 0.3) is 6.08 Å². The molecule has 1 aliphatic carbocycles. The normalized spacial score (nSPS) is 17.4. The number of esters is 2. The van der Waals surface area contributed by atoms with Gasteiger partial charge in [0.1, 0.15) is 12.4 Å². The molecule has 0 saturated heterocycles. The molecule has 0 aromatic heterocycles. The van der Waals surface area contributed by atoms with Crippen LogP contribution in [0, 0.1) is 5.92 Å². The van der Waals surface area contributed by atoms with Crippen LogP contribution in [0.5, 0.6) is 5.75 Å². The fourth-order valence-electron chi connectivity index (χ4n) is 4.32. The first-order valence-corrected chi connectivity index (χ1v) is 13.0. The maximum Gasteiger partial charge on any atom is 0.331 e. The molecule has 0 spiro atoms. The third kappa shape index (κ3) is 10.1. The number of anilines is 2. The lowest BCUT2D eigenvalue weighted by Crippen LogP contribution is -2.29. The maximum absolute atomic E-state index is 12.6. The molecular weight excluding hydrogens is 468 g/mol. The van der Waals surface area contributed by atoms with Crippen molar-refractivity contribution in [2.24, 2.45) is 5.92 Å². The number of carbonyl (C=O) groups is 2. The van der Waals surface area contributed by atoms with Crippen molar-refractivity contribution in [3.8, 4) is 5.75 Å². The van der Waals surface area contributed by atoms with Gasteiger partial charge in [0, 0.05) is 24.1 Å². The van der Waals surface area contributed by atoms with Gasteiger partial charge in [0.05, 0.1) is 12.0 Å². The van der Waals surface area contributed by atoms with Crippen molar-refractivity contribution in [3.05, 3.63) is 72.3 Å². The summed E-state index contributed by atoms with van der Waals surface area (Å²) < 4.78 is 16.8. The summed E-state index contributed by atoms with van der Waals surface area (Å²) in [5.74, 6) is -0.292. The molecular formula is C30H38N2O5. The van der Waals surface area contributed by atoms with Crippen LogP contribution in [0.15, 0.2) is 61.2 Å². The monoisotopic (exact) mass is 506 g/mol. The Morgan fingerprint density at radius 1 is 0.946 bits per heavy atom. The first-order valence-electron chi connectivity index (χ1n) is 13.0. The number of hydrogen-bond donors (Lipinski definition) is 2. The quantitative estimate of drug-likeness (QED) is 0.0876. The average molecular weight is 507 g/mol. The highest BCUT2D eigenvalue weighted by Gasteiger charge is 2.28. The van der Waals surface area contributed by atoms with Gasteiger partial charge in [-0.25, -0.2) is 4.79 Å². The lowest BCUT2D eigenvalue weighted by atomic mass is 9.87. The molecule has 0 radical (unpaired) electrons. The van der Waals surface area contributed by atoms with Gasteiger partial charge in [-0.2, -0.15) is 0 Å². The molecule has 7 heteroatoms. The average Bonchev–Trinajstić information content (AvgIpc) is 2.89. The second-order valence-electron chi connectivity index (χ2n) is 9.42. The Kier molecular flexibility index (Phi) is 11.2. The molecule has 0 atom stereocenters. The zero-order valence-electron chi connectivity index (χ0n) is 21.4. The molecule has 198 valence electrons. The first-order chi connectivity index (χ1) is 17.9. The molecule has 0 aliphatic heterocycles. The second kappa shape index (κ2) is 14.9. The highest BCUT2D eigenvalue weighted by molar-refractivity contribution is 5.87. The van der Waals surface area contributed by atoms with E-state index in [-0.39, 0.29) is 24.6 Å². The predicted octanol–water partition coefficient (Wildman–Crippen LogP) is 5.83. The van der Waals surface area contributed by atoms with Crippen LogP contribution in [0.1, 0.15) is 62.5 Å². The number of nitrogen functional groups attached to an aromatic ring is 2. The van der Waals surface area contributed by atoms with Gasteiger partial charge >= 0.3 is 11.9 Å². The van der Waals surface area contributed by atoms with E-state index in [9.17, 15) is 9.59 Å². The molecule has 7 nitrogen and oxygen atoms in total. The highest BCUT2D eigenvalue weighted by atomic mass is 16.5. The third-order valence-corrected chi connectivity index (χ3v) is 6.34. The van der Waals surface area contributed by atoms with E-state index in [1.165, 1.54) is 6.08 Å². The Morgan fingerprint density at radius 3 is 2.32 bits per heavy atom. The van der Waals surface area contributed by atoms with Gasteiger partial charge in [-0.3, -0.25) is 4.79 Å².